The Balaban J connectivity index is 3.28. The van der Waals surface area contributed by atoms with Gasteiger partial charge in [0.05, 0.1) is 15.1 Å². The molecule has 8 heavy (non-hydrogen) atoms. The average molecular weight is 240 g/mol. The molecule has 4 heteroatoms. The van der Waals surface area contributed by atoms with E-state index < -0.39 is 0 Å². The Morgan fingerprint density at radius 2 is 1.88 bits per heavy atom. The van der Waals surface area contributed by atoms with Gasteiger partial charge in [-0.3, -0.25) is 4.98 Å². The van der Waals surface area contributed by atoms with Gasteiger partial charge in [-0.1, -0.05) is 0 Å². The van der Waals surface area contributed by atoms with E-state index in [0.717, 1.165) is 0 Å². The maximum atomic E-state index is 7.10. The molecule has 0 fully saturated rings. The fraction of sp³-hybridized carbons (Fsp3) is 0. The number of hydrogen-bond donors (Lipinski definition) is 0. The third-order valence-electron chi connectivity index (χ3n) is 0.493. The van der Waals surface area contributed by atoms with E-state index in [2.05, 4.69) is 41.8 Å². The van der Waals surface area contributed by atoms with Crippen molar-refractivity contribution >= 4 is 31.9 Å². The van der Waals surface area contributed by atoms with Crippen LogP contribution in [-0.4, -0.2) is 9.97 Å². The summed E-state index contributed by atoms with van der Waals surface area (Å²) in [7, 11) is 0. The van der Waals surface area contributed by atoms with Gasteiger partial charge < -0.3 is 0 Å². The normalized spacial score (nSPS) is 12.8. The summed E-state index contributed by atoms with van der Waals surface area (Å²) >= 11 is 6.01. The van der Waals surface area contributed by atoms with Crippen LogP contribution >= 0.6 is 31.9 Å². The zero-order valence-electron chi connectivity index (χ0n) is 5.65. The third-order valence-corrected chi connectivity index (χ3v) is 1.20. The van der Waals surface area contributed by atoms with Crippen molar-refractivity contribution < 1.29 is 2.74 Å². The summed E-state index contributed by atoms with van der Waals surface area (Å²) in [5.74, 6) is 0. The second-order valence-electron chi connectivity index (χ2n) is 1.03. The summed E-state index contributed by atoms with van der Waals surface area (Å²) in [6.45, 7) is 0. The first-order valence-electron chi connectivity index (χ1n) is 2.77. The molecule has 42 valence electrons. The molecule has 0 aliphatic rings. The van der Waals surface area contributed by atoms with Crippen molar-refractivity contribution in [2.24, 2.45) is 0 Å². The predicted octanol–water partition coefficient (Wildman–Crippen LogP) is 2.00. The van der Waals surface area contributed by atoms with Gasteiger partial charge in [0.1, 0.15) is 9.21 Å². The standard InChI is InChI=1S/C4H2Br2N2/c5-3-1-7-2-4(6)8-3/h1-2H/i1D,2D. The lowest BCUT2D eigenvalue weighted by molar-refractivity contribution is 1.13. The Hall–Kier alpha value is 0.0400. The molecule has 0 atom stereocenters. The highest BCUT2D eigenvalue weighted by Gasteiger charge is 1.87. The molecule has 1 rings (SSSR count). The molecular formula is C4H2Br2N2. The lowest BCUT2D eigenvalue weighted by atomic mass is 10.8. The van der Waals surface area contributed by atoms with Crippen molar-refractivity contribution in [3.63, 3.8) is 0 Å². The van der Waals surface area contributed by atoms with Gasteiger partial charge >= 0.3 is 0 Å². The highest BCUT2D eigenvalue weighted by molar-refractivity contribution is 9.11. The van der Waals surface area contributed by atoms with Crippen LogP contribution in [-0.2, 0) is 0 Å². The lowest BCUT2D eigenvalue weighted by Crippen LogP contribution is -1.77. The molecule has 0 unspecified atom stereocenters. The molecule has 2 nitrogen and oxygen atoms in total. The molecular weight excluding hydrogens is 236 g/mol. The highest BCUT2D eigenvalue weighted by Crippen LogP contribution is 2.07. The van der Waals surface area contributed by atoms with Crippen molar-refractivity contribution in [1.82, 2.24) is 9.97 Å². The zero-order chi connectivity index (χ0) is 7.72. The molecule has 1 aromatic heterocycles. The predicted molar refractivity (Wildman–Crippen MR) is 37.4 cm³/mol. The summed E-state index contributed by atoms with van der Waals surface area (Å²) in [4.78, 5) is 7.32. The molecule has 0 N–H and O–H groups in total. The second-order valence-corrected chi connectivity index (χ2v) is 2.53. The van der Waals surface area contributed by atoms with E-state index >= 15 is 0 Å². The zero-order valence-corrected chi connectivity index (χ0v) is 6.82. The van der Waals surface area contributed by atoms with Gasteiger partial charge in [0, 0.05) is 0 Å². The van der Waals surface area contributed by atoms with Gasteiger partial charge in [-0.25, -0.2) is 4.98 Å². The van der Waals surface area contributed by atoms with Crippen LogP contribution in [0.1, 0.15) is 2.74 Å². The monoisotopic (exact) mass is 238 g/mol. The molecule has 0 radical (unpaired) electrons. The van der Waals surface area contributed by atoms with Gasteiger partial charge in [-0.2, -0.15) is 0 Å². The first-order valence-corrected chi connectivity index (χ1v) is 3.36. The van der Waals surface area contributed by atoms with Gasteiger partial charge in [-0.15, -0.1) is 0 Å². The maximum absolute atomic E-state index is 7.10. The third kappa shape index (κ3) is 1.52. The second kappa shape index (κ2) is 2.55. The topological polar surface area (TPSA) is 25.8 Å². The first kappa shape index (κ1) is 3.95. The molecule has 0 spiro atoms. The molecule has 0 aliphatic heterocycles. The molecule has 0 saturated heterocycles. The Kier molecular flexibility index (Phi) is 1.26. The van der Waals surface area contributed by atoms with Crippen LogP contribution in [0.25, 0.3) is 0 Å². The Morgan fingerprint density at radius 3 is 2.25 bits per heavy atom. The van der Waals surface area contributed by atoms with Crippen LogP contribution in [0.3, 0.4) is 0 Å². The molecule has 0 amide bonds. The smallest absolute Gasteiger partial charge is 0.125 e. The van der Waals surface area contributed by atoms with Crippen molar-refractivity contribution in [3.05, 3.63) is 21.6 Å². The van der Waals surface area contributed by atoms with E-state index in [9.17, 15) is 0 Å². The van der Waals surface area contributed by atoms with Gasteiger partial charge in [0.25, 0.3) is 0 Å². The Morgan fingerprint density at radius 1 is 1.38 bits per heavy atom. The Bertz CT molecular complexity index is 215. The number of hydrogen-bond acceptors (Lipinski definition) is 2. The van der Waals surface area contributed by atoms with E-state index in [-0.39, 0.29) is 12.3 Å². The summed E-state index contributed by atoms with van der Waals surface area (Å²) in [6, 6.07) is 0. The van der Waals surface area contributed by atoms with Gasteiger partial charge in [0.15, 0.2) is 0 Å². The first-order chi connectivity index (χ1) is 4.61. The molecule has 0 aromatic carbocycles. The molecule has 1 aromatic rings. The minimum Gasteiger partial charge on any atom is -0.259 e. The van der Waals surface area contributed by atoms with Crippen molar-refractivity contribution in [2.45, 2.75) is 0 Å². The fourth-order valence-electron chi connectivity index (χ4n) is 0.256. The summed E-state index contributed by atoms with van der Waals surface area (Å²) in [5, 5.41) is 0. The number of rotatable bonds is 0. The summed E-state index contributed by atoms with van der Waals surface area (Å²) in [5.41, 5.74) is 0. The van der Waals surface area contributed by atoms with Crippen molar-refractivity contribution in [1.29, 1.82) is 0 Å². The summed E-state index contributed by atoms with van der Waals surface area (Å²) in [6.07, 6.45) is -0.0404. The van der Waals surface area contributed by atoms with Crippen LogP contribution in [0.2, 0.25) is 0 Å². The van der Waals surface area contributed by atoms with Gasteiger partial charge in [-0.05, 0) is 31.9 Å². The molecule has 0 bridgehead atoms. The van der Waals surface area contributed by atoms with Gasteiger partial charge in [0.2, 0.25) is 0 Å². The molecule has 1 heterocycles. The molecule has 0 saturated carbocycles. The quantitative estimate of drug-likeness (QED) is 0.692. The van der Waals surface area contributed by atoms with E-state index in [1.807, 2.05) is 0 Å². The van der Waals surface area contributed by atoms with Crippen LogP contribution < -0.4 is 0 Å². The number of aromatic nitrogens is 2. The SMILES string of the molecule is [2H]c1nc([2H])c(Br)nc1Br. The van der Waals surface area contributed by atoms with Crippen LogP contribution in [0, 0.1) is 0 Å². The highest BCUT2D eigenvalue weighted by atomic mass is 79.9. The largest absolute Gasteiger partial charge is 0.259 e. The van der Waals surface area contributed by atoms with Crippen LogP contribution in [0.5, 0.6) is 0 Å². The summed E-state index contributed by atoms with van der Waals surface area (Å²) < 4.78 is 14.9. The van der Waals surface area contributed by atoms with Crippen LogP contribution in [0.15, 0.2) is 21.6 Å². The lowest BCUT2D eigenvalue weighted by Gasteiger charge is -1.86. The fourth-order valence-corrected chi connectivity index (χ4v) is 1.03. The number of nitrogens with zero attached hydrogens (tertiary/aromatic N) is 2. The molecule has 0 aliphatic carbocycles. The van der Waals surface area contributed by atoms with Crippen molar-refractivity contribution in [2.75, 3.05) is 0 Å². The number of halogens is 2. The van der Waals surface area contributed by atoms with E-state index in [1.54, 1.807) is 0 Å². The minimum absolute atomic E-state index is 0.0202. The maximum Gasteiger partial charge on any atom is 0.125 e. The minimum atomic E-state index is -0.0202. The average Bonchev–Trinajstić information content (AvgIpc) is 1.84. The van der Waals surface area contributed by atoms with E-state index in [4.69, 9.17) is 2.74 Å². The van der Waals surface area contributed by atoms with Crippen LogP contribution in [0.4, 0.5) is 0 Å². The van der Waals surface area contributed by atoms with E-state index in [0.29, 0.717) is 9.21 Å². The van der Waals surface area contributed by atoms with Crippen molar-refractivity contribution in [3.8, 4) is 0 Å². The van der Waals surface area contributed by atoms with E-state index in [1.165, 1.54) is 0 Å². The Labute approximate surface area is 66.4 Å².